The molecular formula is C40H34Cl2HfO2. The number of benzene rings is 4. The van der Waals surface area contributed by atoms with Gasteiger partial charge in [-0.3, -0.25) is 0 Å². The van der Waals surface area contributed by atoms with Crippen molar-refractivity contribution in [2.75, 3.05) is 0 Å². The summed E-state index contributed by atoms with van der Waals surface area (Å²) in [6.45, 7) is 4.43. The van der Waals surface area contributed by atoms with Crippen molar-refractivity contribution in [3.63, 3.8) is 0 Å². The van der Waals surface area contributed by atoms with Crippen molar-refractivity contribution in [1.82, 2.24) is 0 Å². The Morgan fingerprint density at radius 1 is 0.533 bits per heavy atom. The maximum atomic E-state index is 6.54. The van der Waals surface area contributed by atoms with E-state index in [4.69, 9.17) is 8.83 Å². The van der Waals surface area contributed by atoms with Crippen molar-refractivity contribution in [3.8, 4) is 0 Å². The Hall–Kier alpha value is -3.11. The van der Waals surface area contributed by atoms with Crippen LogP contribution in [0, 0.1) is 0 Å². The predicted octanol–water partition coefficient (Wildman–Crippen LogP) is 5.07. The van der Waals surface area contributed by atoms with Crippen LogP contribution in [0.1, 0.15) is 79.3 Å². The maximum Gasteiger partial charge on any atom is -1.00 e. The molecule has 2 unspecified atom stereocenters. The van der Waals surface area contributed by atoms with Gasteiger partial charge in [-0.15, -0.1) is 0 Å². The fourth-order valence-electron chi connectivity index (χ4n) is 7.04. The topological polar surface area (TPSA) is 26.3 Å². The molecule has 0 amide bonds. The van der Waals surface area contributed by atoms with Gasteiger partial charge in [0.25, 0.3) is 0 Å². The molecule has 0 saturated carbocycles. The Bertz CT molecular complexity index is 1920. The van der Waals surface area contributed by atoms with E-state index in [1.54, 1.807) is 0 Å². The van der Waals surface area contributed by atoms with Crippen LogP contribution in [0.4, 0.5) is 0 Å². The van der Waals surface area contributed by atoms with Gasteiger partial charge in [-0.25, -0.2) is 0 Å². The summed E-state index contributed by atoms with van der Waals surface area (Å²) in [5.74, 6) is 4.27. The molecule has 2 heterocycles. The first kappa shape index (κ1) is 31.9. The summed E-state index contributed by atoms with van der Waals surface area (Å²) in [5, 5.41) is 5.28. The molecule has 4 aromatic carbocycles. The van der Waals surface area contributed by atoms with Gasteiger partial charge in [-0.05, 0) is 0 Å². The molecule has 6 aromatic rings. The third-order valence-electron chi connectivity index (χ3n) is 9.07. The second kappa shape index (κ2) is 13.3. The van der Waals surface area contributed by atoms with E-state index in [9.17, 15) is 0 Å². The van der Waals surface area contributed by atoms with Gasteiger partial charge in [-0.2, -0.15) is 0 Å². The Kier molecular flexibility index (Phi) is 9.43. The first-order chi connectivity index (χ1) is 21.2. The molecule has 0 saturated heterocycles. The summed E-state index contributed by atoms with van der Waals surface area (Å²) in [4.78, 5) is 0. The van der Waals surface area contributed by atoms with Gasteiger partial charge >= 0.3 is 266 Å². The number of hydrogen-bond donors (Lipinski definition) is 0. The number of allylic oxidation sites excluding steroid dienone is 2. The Morgan fingerprint density at radius 2 is 0.978 bits per heavy atom. The van der Waals surface area contributed by atoms with Crippen molar-refractivity contribution in [2.24, 2.45) is 0 Å². The van der Waals surface area contributed by atoms with Gasteiger partial charge in [0.1, 0.15) is 0 Å². The number of aryl methyl sites for hydroxylation is 2. The number of halogens is 2. The number of rotatable bonds is 8. The van der Waals surface area contributed by atoms with Crippen LogP contribution < -0.4 is 24.8 Å². The van der Waals surface area contributed by atoms with Crippen LogP contribution in [-0.4, -0.2) is 0 Å². The quantitative estimate of drug-likeness (QED) is 0.202. The van der Waals surface area contributed by atoms with Gasteiger partial charge in [0.15, 0.2) is 0 Å². The van der Waals surface area contributed by atoms with Crippen LogP contribution in [0.5, 0.6) is 0 Å². The third kappa shape index (κ3) is 5.62. The summed E-state index contributed by atoms with van der Waals surface area (Å²) < 4.78 is 13.9. The molecule has 2 aromatic heterocycles. The molecular weight excluding hydrogens is 762 g/mol. The molecule has 2 aliphatic rings. The van der Waals surface area contributed by atoms with Gasteiger partial charge in [0.2, 0.25) is 0 Å². The van der Waals surface area contributed by atoms with E-state index >= 15 is 0 Å². The fraction of sp³-hybridized carbons (Fsp3) is 0.200. The number of hydrogen-bond acceptors (Lipinski definition) is 2. The third-order valence-corrected chi connectivity index (χ3v) is 15.9. The van der Waals surface area contributed by atoms with Crippen molar-refractivity contribution >= 4 is 44.8 Å². The van der Waals surface area contributed by atoms with E-state index in [-0.39, 0.29) is 24.8 Å². The average molecular weight is 796 g/mol. The normalized spacial score (nSPS) is 16.4. The van der Waals surface area contributed by atoms with E-state index in [1.165, 1.54) is 54.9 Å². The largest absolute Gasteiger partial charge is 1.00 e. The molecule has 2 aliphatic carbocycles. The second-order valence-corrected chi connectivity index (χ2v) is 17.2. The zero-order valence-electron chi connectivity index (χ0n) is 25.4. The molecule has 0 bridgehead atoms. The molecule has 45 heavy (non-hydrogen) atoms. The molecule has 5 heteroatoms. The molecule has 8 rings (SSSR count). The van der Waals surface area contributed by atoms with Crippen LogP contribution in [0.15, 0.2) is 106 Å². The number of fused-ring (bicyclic) bond motifs is 6. The fourth-order valence-corrected chi connectivity index (χ4v) is 14.3. The molecule has 2 atom stereocenters. The van der Waals surface area contributed by atoms with Gasteiger partial charge in [0.05, 0.1) is 0 Å². The van der Waals surface area contributed by atoms with Crippen LogP contribution in [0.2, 0.25) is 0 Å². The molecule has 224 valence electrons. The molecule has 2 nitrogen and oxygen atoms in total. The zero-order chi connectivity index (χ0) is 28.9. The molecule has 0 spiro atoms. The molecule has 0 N–H and O–H groups in total. The first-order valence-corrected chi connectivity index (χ1v) is 19.8. The summed E-state index contributed by atoms with van der Waals surface area (Å²) >= 11 is -1.54. The van der Waals surface area contributed by atoms with Gasteiger partial charge in [-0.1, -0.05) is 0 Å². The SMILES string of the molecule is CCCc1ccc(C2=Cc3c(ccc4ccccc34)[CH]2[Hf+2][CH]2C(c3ccc(CCC)o3)=Cc3c2ccc2ccccc32)o1.[Cl-].[Cl-]. The number of furan rings is 2. The summed E-state index contributed by atoms with van der Waals surface area (Å²) in [6, 6.07) is 35.9. The first-order valence-electron chi connectivity index (χ1n) is 15.6. The van der Waals surface area contributed by atoms with E-state index < -0.39 is 22.9 Å². The Balaban J connectivity index is 0.00000179. The van der Waals surface area contributed by atoms with Crippen LogP contribution in [-0.2, 0) is 35.7 Å². The molecule has 0 aliphatic heterocycles. The van der Waals surface area contributed by atoms with E-state index in [1.807, 2.05) is 0 Å². The summed E-state index contributed by atoms with van der Waals surface area (Å²) in [7, 11) is 0. The smallest absolute Gasteiger partial charge is 1.00 e. The Labute approximate surface area is 288 Å². The Morgan fingerprint density at radius 3 is 1.42 bits per heavy atom. The van der Waals surface area contributed by atoms with E-state index in [0.717, 1.165) is 48.7 Å². The van der Waals surface area contributed by atoms with Gasteiger partial charge < -0.3 is 24.8 Å². The minimum atomic E-state index is -1.54. The minimum Gasteiger partial charge on any atom is -1.00 e. The zero-order valence-corrected chi connectivity index (χ0v) is 30.6. The van der Waals surface area contributed by atoms with Gasteiger partial charge in [0, 0.05) is 0 Å². The van der Waals surface area contributed by atoms with Crippen LogP contribution in [0.25, 0.3) is 44.8 Å². The monoisotopic (exact) mass is 796 g/mol. The van der Waals surface area contributed by atoms with Crippen molar-refractivity contribution in [1.29, 1.82) is 0 Å². The maximum absolute atomic E-state index is 6.54. The second-order valence-electron chi connectivity index (χ2n) is 11.8. The standard InChI is InChI=1S/2C20H17O.2ClH.Hf/c2*1-2-5-17-10-11-20(21-17)16-12-15-9-8-14-6-3-4-7-18(14)19(15)13-16;;;/h2*3-4,6-13H,2,5H2,1H3;2*1H;/q;;;;+2/p-2. The molecule has 0 radical (unpaired) electrons. The van der Waals surface area contributed by atoms with Crippen LogP contribution in [0.3, 0.4) is 0 Å². The van der Waals surface area contributed by atoms with Crippen molar-refractivity contribution in [3.05, 3.63) is 142 Å². The van der Waals surface area contributed by atoms with Crippen molar-refractivity contribution < 1.29 is 56.6 Å². The van der Waals surface area contributed by atoms with Crippen molar-refractivity contribution in [2.45, 2.75) is 46.9 Å². The summed E-state index contributed by atoms with van der Waals surface area (Å²) in [6.07, 6.45) is 9.03. The predicted molar refractivity (Wildman–Crippen MR) is 175 cm³/mol. The molecule has 0 fully saturated rings. The van der Waals surface area contributed by atoms with Crippen LogP contribution >= 0.6 is 0 Å². The average Bonchev–Trinajstić information content (AvgIpc) is 3.83. The minimum absolute atomic E-state index is 0. The summed E-state index contributed by atoms with van der Waals surface area (Å²) in [5.41, 5.74) is 8.46. The van der Waals surface area contributed by atoms with E-state index in [2.05, 4.69) is 123 Å². The van der Waals surface area contributed by atoms with E-state index in [0.29, 0.717) is 7.35 Å².